The number of aromatic nitrogens is 3. The number of pyridine rings is 2. The Bertz CT molecular complexity index is 1110. The van der Waals surface area contributed by atoms with Crippen LogP contribution in [0.2, 0.25) is 0 Å². The quantitative estimate of drug-likeness (QED) is 0.518. The van der Waals surface area contributed by atoms with Gasteiger partial charge in [0, 0.05) is 30.9 Å². The molecular weight excluding hydrogens is 371 g/mol. The molecule has 0 fully saturated rings. The third-order valence-corrected chi connectivity index (χ3v) is 4.46. The van der Waals surface area contributed by atoms with Crippen LogP contribution in [-0.4, -0.2) is 15.1 Å². The van der Waals surface area contributed by atoms with Crippen molar-refractivity contribution < 1.29 is 13.7 Å². The Morgan fingerprint density at radius 3 is 2.76 bits per heavy atom. The number of nitrogen functional groups attached to an aromatic ring is 1. The van der Waals surface area contributed by atoms with E-state index in [0.29, 0.717) is 29.4 Å². The molecule has 6 nitrogen and oxygen atoms in total. The number of hydrogen-bond acceptors (Lipinski definition) is 6. The van der Waals surface area contributed by atoms with Crippen molar-refractivity contribution in [2.75, 3.05) is 5.73 Å². The molecule has 7 heteroatoms. The second-order valence-electron chi connectivity index (χ2n) is 6.62. The van der Waals surface area contributed by atoms with Gasteiger partial charge in [0.25, 0.3) is 0 Å². The Labute approximate surface area is 167 Å². The Hall–Kier alpha value is -3.74. The van der Waals surface area contributed by atoms with Crippen LogP contribution in [0.5, 0.6) is 5.88 Å². The molecule has 0 spiro atoms. The number of nitrogens with two attached hydrogens (primary N) is 1. The smallest absolute Gasteiger partial charge is 0.213 e. The van der Waals surface area contributed by atoms with Crippen molar-refractivity contribution in [2.45, 2.75) is 19.4 Å². The van der Waals surface area contributed by atoms with Crippen molar-refractivity contribution in [2.24, 2.45) is 0 Å². The molecular formula is C22H19FN4O2. The Kier molecular flexibility index (Phi) is 5.20. The molecule has 4 rings (SSSR count). The van der Waals surface area contributed by atoms with Gasteiger partial charge in [-0.3, -0.25) is 0 Å². The van der Waals surface area contributed by atoms with Crippen LogP contribution in [0.1, 0.15) is 29.8 Å². The van der Waals surface area contributed by atoms with Crippen LogP contribution < -0.4 is 10.5 Å². The van der Waals surface area contributed by atoms with Gasteiger partial charge in [-0.1, -0.05) is 23.4 Å². The lowest BCUT2D eigenvalue weighted by Gasteiger charge is -2.14. The van der Waals surface area contributed by atoms with Crippen LogP contribution >= 0.6 is 0 Å². The minimum Gasteiger partial charge on any atom is -0.470 e. The normalized spacial score (nSPS) is 11.9. The molecule has 2 N–H and O–H groups in total. The lowest BCUT2D eigenvalue weighted by molar-refractivity contribution is 0.217. The molecule has 0 aliphatic carbocycles. The summed E-state index contributed by atoms with van der Waals surface area (Å²) in [5.74, 6) is 1.14. The standard InChI is InChI=1S/C22H19FN4O2/c1-14(16-4-2-5-17(23)11-16)28-21-8-7-15(13-26-21)10-18-12-20(29-27-18)19-6-3-9-25-22(19)24/h2-9,11-14H,10H2,1H3,(H2,24,25). The summed E-state index contributed by atoms with van der Waals surface area (Å²) in [6.45, 7) is 1.85. The summed E-state index contributed by atoms with van der Waals surface area (Å²) in [4.78, 5) is 8.39. The highest BCUT2D eigenvalue weighted by molar-refractivity contribution is 5.69. The number of anilines is 1. The van der Waals surface area contributed by atoms with E-state index < -0.39 is 0 Å². The van der Waals surface area contributed by atoms with Crippen molar-refractivity contribution in [3.8, 4) is 17.2 Å². The molecule has 0 aliphatic heterocycles. The number of rotatable bonds is 6. The van der Waals surface area contributed by atoms with Crippen molar-refractivity contribution in [1.29, 1.82) is 0 Å². The van der Waals surface area contributed by atoms with Gasteiger partial charge in [-0.25, -0.2) is 14.4 Å². The second-order valence-corrected chi connectivity index (χ2v) is 6.62. The van der Waals surface area contributed by atoms with Crippen LogP contribution in [-0.2, 0) is 6.42 Å². The van der Waals surface area contributed by atoms with E-state index in [4.69, 9.17) is 15.0 Å². The van der Waals surface area contributed by atoms with E-state index in [2.05, 4.69) is 15.1 Å². The third kappa shape index (κ3) is 4.40. The largest absolute Gasteiger partial charge is 0.470 e. The van der Waals surface area contributed by atoms with Gasteiger partial charge >= 0.3 is 0 Å². The van der Waals surface area contributed by atoms with Gasteiger partial charge in [0.15, 0.2) is 5.76 Å². The fourth-order valence-electron chi connectivity index (χ4n) is 2.95. The molecule has 0 saturated heterocycles. The SMILES string of the molecule is CC(Oc1ccc(Cc2cc(-c3cccnc3N)on2)cn1)c1cccc(F)c1. The number of ether oxygens (including phenoxy) is 1. The monoisotopic (exact) mass is 390 g/mol. The maximum Gasteiger partial charge on any atom is 0.213 e. The van der Waals surface area contributed by atoms with E-state index in [-0.39, 0.29) is 11.9 Å². The van der Waals surface area contributed by atoms with Crippen LogP contribution in [0, 0.1) is 5.82 Å². The first-order chi connectivity index (χ1) is 14.1. The van der Waals surface area contributed by atoms with Gasteiger partial charge in [0.1, 0.15) is 17.7 Å². The summed E-state index contributed by atoms with van der Waals surface area (Å²) in [5.41, 5.74) is 9.05. The van der Waals surface area contributed by atoms with Crippen LogP contribution in [0.25, 0.3) is 11.3 Å². The van der Waals surface area contributed by atoms with Crippen molar-refractivity contribution in [3.63, 3.8) is 0 Å². The highest BCUT2D eigenvalue weighted by atomic mass is 19.1. The van der Waals surface area contributed by atoms with Gasteiger partial charge in [0.2, 0.25) is 5.88 Å². The number of benzene rings is 1. The first-order valence-corrected chi connectivity index (χ1v) is 9.12. The van der Waals surface area contributed by atoms with E-state index in [0.717, 1.165) is 16.8 Å². The highest BCUT2D eigenvalue weighted by Gasteiger charge is 2.12. The molecule has 3 aromatic heterocycles. The van der Waals surface area contributed by atoms with Crippen molar-refractivity contribution in [1.82, 2.24) is 15.1 Å². The molecule has 0 radical (unpaired) electrons. The van der Waals surface area contributed by atoms with Crippen LogP contribution in [0.4, 0.5) is 10.2 Å². The molecule has 3 heterocycles. The first-order valence-electron chi connectivity index (χ1n) is 9.12. The highest BCUT2D eigenvalue weighted by Crippen LogP contribution is 2.26. The number of hydrogen-bond donors (Lipinski definition) is 1. The molecule has 1 atom stereocenters. The fraction of sp³-hybridized carbons (Fsp3) is 0.136. The molecule has 29 heavy (non-hydrogen) atoms. The zero-order valence-electron chi connectivity index (χ0n) is 15.7. The zero-order valence-corrected chi connectivity index (χ0v) is 15.7. The van der Waals surface area contributed by atoms with E-state index in [1.54, 1.807) is 30.6 Å². The van der Waals surface area contributed by atoms with Crippen molar-refractivity contribution >= 4 is 5.82 Å². The fourth-order valence-corrected chi connectivity index (χ4v) is 2.95. The summed E-state index contributed by atoms with van der Waals surface area (Å²) < 4.78 is 24.6. The molecule has 146 valence electrons. The maximum atomic E-state index is 13.4. The summed E-state index contributed by atoms with van der Waals surface area (Å²) in [6, 6.07) is 15.5. The molecule has 1 unspecified atom stereocenters. The Morgan fingerprint density at radius 2 is 2.00 bits per heavy atom. The average molecular weight is 390 g/mol. The van der Waals surface area contributed by atoms with Gasteiger partial charge in [-0.05, 0) is 42.3 Å². The van der Waals surface area contributed by atoms with Crippen LogP contribution in [0.15, 0.2) is 71.5 Å². The Balaban J connectivity index is 1.42. The predicted octanol–water partition coefficient (Wildman–Crippen LogP) is 4.58. The van der Waals surface area contributed by atoms with E-state index in [1.807, 2.05) is 31.2 Å². The summed E-state index contributed by atoms with van der Waals surface area (Å²) in [7, 11) is 0. The van der Waals surface area contributed by atoms with E-state index in [9.17, 15) is 4.39 Å². The minimum atomic E-state index is -0.313. The number of nitrogens with zero attached hydrogens (tertiary/aromatic N) is 3. The summed E-state index contributed by atoms with van der Waals surface area (Å²) in [6.07, 6.45) is 3.59. The molecule has 4 aromatic rings. The van der Waals surface area contributed by atoms with Gasteiger partial charge in [0.05, 0.1) is 11.3 Å². The van der Waals surface area contributed by atoms with Crippen LogP contribution in [0.3, 0.4) is 0 Å². The Morgan fingerprint density at radius 1 is 1.10 bits per heavy atom. The first kappa shape index (κ1) is 18.6. The van der Waals surface area contributed by atoms with Crippen molar-refractivity contribution in [3.05, 3.63) is 89.6 Å². The number of halogens is 1. The molecule has 1 aromatic carbocycles. The zero-order chi connectivity index (χ0) is 20.2. The lowest BCUT2D eigenvalue weighted by Crippen LogP contribution is -2.04. The summed E-state index contributed by atoms with van der Waals surface area (Å²) >= 11 is 0. The lowest BCUT2D eigenvalue weighted by atomic mass is 10.1. The third-order valence-electron chi connectivity index (χ3n) is 4.46. The topological polar surface area (TPSA) is 87.1 Å². The van der Waals surface area contributed by atoms with Gasteiger partial charge < -0.3 is 15.0 Å². The second kappa shape index (κ2) is 8.10. The predicted molar refractivity (Wildman–Crippen MR) is 107 cm³/mol. The van der Waals surface area contributed by atoms with E-state index in [1.165, 1.54) is 12.1 Å². The maximum absolute atomic E-state index is 13.4. The minimum absolute atomic E-state index is 0.290. The summed E-state index contributed by atoms with van der Waals surface area (Å²) in [5, 5.41) is 4.09. The molecule has 0 saturated carbocycles. The molecule has 0 bridgehead atoms. The van der Waals surface area contributed by atoms with Gasteiger partial charge in [-0.2, -0.15) is 0 Å². The molecule has 0 aliphatic rings. The molecule has 0 amide bonds. The van der Waals surface area contributed by atoms with Gasteiger partial charge in [-0.15, -0.1) is 0 Å². The van der Waals surface area contributed by atoms with E-state index >= 15 is 0 Å². The average Bonchev–Trinajstić information content (AvgIpc) is 3.18.